The van der Waals surface area contributed by atoms with Crippen LogP contribution < -0.4 is 10.6 Å². The smallest absolute Gasteiger partial charge is 0.227 e. The summed E-state index contributed by atoms with van der Waals surface area (Å²) in [5.41, 5.74) is -0.514. The average molecular weight is 498 g/mol. The molecule has 7 nitrogen and oxygen atoms in total. The third kappa shape index (κ3) is 9.94. The van der Waals surface area contributed by atoms with Gasteiger partial charge in [0, 0.05) is 46.5 Å². The summed E-state index contributed by atoms with van der Waals surface area (Å²) in [7, 11) is 1.72. The monoisotopic (exact) mass is 498 g/mol. The molecular formula is C19H39IN4O3. The first kappa shape index (κ1) is 26.4. The van der Waals surface area contributed by atoms with Crippen molar-refractivity contribution in [1.29, 1.82) is 0 Å². The molecule has 0 aromatic carbocycles. The standard InChI is InChI=1S/C19H38N4O3.HI/c1-6-20-17(24)19(3,4)15-22-18(21-7-2)23-11-9-16(10-12-23)26-14-8-13-25-5;/h16H,6-15H2,1-5H3,(H,20,24)(H,21,22);1H. The topological polar surface area (TPSA) is 75.2 Å². The van der Waals surface area contributed by atoms with Gasteiger partial charge >= 0.3 is 0 Å². The number of rotatable bonds is 10. The van der Waals surface area contributed by atoms with Crippen LogP contribution in [0.15, 0.2) is 4.99 Å². The summed E-state index contributed by atoms with van der Waals surface area (Å²) in [6.07, 6.45) is 3.25. The number of nitrogens with one attached hydrogen (secondary N) is 2. The summed E-state index contributed by atoms with van der Waals surface area (Å²) in [4.78, 5) is 19.2. The Kier molecular flexibility index (Phi) is 14.1. The van der Waals surface area contributed by atoms with E-state index in [0.29, 0.717) is 19.2 Å². The lowest BCUT2D eigenvalue weighted by atomic mass is 9.92. The molecule has 1 aliphatic rings. The van der Waals surface area contributed by atoms with Gasteiger partial charge < -0.3 is 25.0 Å². The quantitative estimate of drug-likeness (QED) is 0.209. The van der Waals surface area contributed by atoms with E-state index in [4.69, 9.17) is 14.5 Å². The molecule has 0 aliphatic carbocycles. The van der Waals surface area contributed by atoms with E-state index in [1.54, 1.807) is 7.11 Å². The van der Waals surface area contributed by atoms with Gasteiger partial charge in [-0.25, -0.2) is 0 Å². The molecule has 1 saturated heterocycles. The minimum absolute atomic E-state index is 0. The van der Waals surface area contributed by atoms with Crippen molar-refractivity contribution in [3.05, 3.63) is 0 Å². The van der Waals surface area contributed by atoms with Crippen molar-refractivity contribution in [2.45, 2.75) is 53.1 Å². The summed E-state index contributed by atoms with van der Waals surface area (Å²) in [6, 6.07) is 0. The van der Waals surface area contributed by atoms with Crippen LogP contribution in [0.25, 0.3) is 0 Å². The van der Waals surface area contributed by atoms with Gasteiger partial charge in [-0.1, -0.05) is 0 Å². The van der Waals surface area contributed by atoms with E-state index < -0.39 is 5.41 Å². The number of carbonyl (C=O) groups excluding carboxylic acids is 1. The van der Waals surface area contributed by atoms with Crippen LogP contribution in [0, 0.1) is 5.41 Å². The van der Waals surface area contributed by atoms with Gasteiger partial charge in [0.1, 0.15) is 0 Å². The van der Waals surface area contributed by atoms with E-state index in [2.05, 4.69) is 22.5 Å². The minimum Gasteiger partial charge on any atom is -0.385 e. The number of guanidine groups is 1. The number of likely N-dealkylation sites (tertiary alicyclic amines) is 1. The minimum atomic E-state index is -0.514. The van der Waals surface area contributed by atoms with Gasteiger partial charge in [-0.15, -0.1) is 24.0 Å². The van der Waals surface area contributed by atoms with E-state index in [1.807, 2.05) is 20.8 Å². The third-order valence-electron chi connectivity index (χ3n) is 4.50. The van der Waals surface area contributed by atoms with Crippen molar-refractivity contribution < 1.29 is 14.3 Å². The zero-order chi connectivity index (χ0) is 19.4. The number of amides is 1. The van der Waals surface area contributed by atoms with Crippen molar-refractivity contribution >= 4 is 35.8 Å². The second-order valence-electron chi connectivity index (χ2n) is 7.32. The van der Waals surface area contributed by atoms with Crippen molar-refractivity contribution in [1.82, 2.24) is 15.5 Å². The maximum Gasteiger partial charge on any atom is 0.227 e. The highest BCUT2D eigenvalue weighted by molar-refractivity contribution is 14.0. The lowest BCUT2D eigenvalue weighted by Crippen LogP contribution is -2.48. The number of hydrogen-bond donors (Lipinski definition) is 2. The van der Waals surface area contributed by atoms with Gasteiger partial charge in [0.25, 0.3) is 0 Å². The molecular weight excluding hydrogens is 459 g/mol. The Balaban J connectivity index is 0.00000676. The van der Waals surface area contributed by atoms with Crippen molar-refractivity contribution in [3.63, 3.8) is 0 Å². The molecule has 0 radical (unpaired) electrons. The van der Waals surface area contributed by atoms with Crippen LogP contribution >= 0.6 is 24.0 Å². The van der Waals surface area contributed by atoms with Crippen LogP contribution in [0.1, 0.15) is 47.0 Å². The van der Waals surface area contributed by atoms with Gasteiger partial charge in [-0.3, -0.25) is 9.79 Å². The number of aliphatic imine (C=N–C) groups is 1. The number of nitrogens with zero attached hydrogens (tertiary/aromatic N) is 2. The molecule has 0 aromatic heterocycles. The zero-order valence-corrected chi connectivity index (χ0v) is 20.0. The Morgan fingerprint density at radius 1 is 1.15 bits per heavy atom. The van der Waals surface area contributed by atoms with Gasteiger partial charge in [0.15, 0.2) is 5.96 Å². The van der Waals surface area contributed by atoms with Crippen LogP contribution in [0.2, 0.25) is 0 Å². The highest BCUT2D eigenvalue weighted by Gasteiger charge is 2.28. The molecule has 1 aliphatic heterocycles. The van der Waals surface area contributed by atoms with Crippen molar-refractivity contribution in [3.8, 4) is 0 Å². The fourth-order valence-electron chi connectivity index (χ4n) is 2.86. The number of ether oxygens (including phenoxy) is 2. The van der Waals surface area contributed by atoms with E-state index in [-0.39, 0.29) is 29.9 Å². The summed E-state index contributed by atoms with van der Waals surface area (Å²) in [5.74, 6) is 0.936. The van der Waals surface area contributed by atoms with E-state index in [0.717, 1.165) is 58.1 Å². The molecule has 0 saturated carbocycles. The Morgan fingerprint density at radius 2 is 1.78 bits per heavy atom. The van der Waals surface area contributed by atoms with Gasteiger partial charge in [0.05, 0.1) is 18.1 Å². The largest absolute Gasteiger partial charge is 0.385 e. The molecule has 0 bridgehead atoms. The second-order valence-corrected chi connectivity index (χ2v) is 7.32. The SMILES string of the molecule is CCNC(=O)C(C)(C)CN=C(NCC)N1CCC(OCCCOC)CC1.I. The van der Waals surface area contributed by atoms with Crippen LogP contribution in [-0.4, -0.2) is 75.9 Å². The number of halogens is 1. The van der Waals surface area contributed by atoms with Gasteiger partial charge in [-0.2, -0.15) is 0 Å². The predicted molar refractivity (Wildman–Crippen MR) is 121 cm³/mol. The van der Waals surface area contributed by atoms with Gasteiger partial charge in [-0.05, 0) is 47.0 Å². The first-order chi connectivity index (χ1) is 12.4. The lowest BCUT2D eigenvalue weighted by molar-refractivity contribution is -0.128. The maximum atomic E-state index is 12.2. The first-order valence-electron chi connectivity index (χ1n) is 9.86. The number of hydrogen-bond acceptors (Lipinski definition) is 4. The molecule has 160 valence electrons. The molecule has 1 heterocycles. The fraction of sp³-hybridized carbons (Fsp3) is 0.895. The molecule has 8 heteroatoms. The molecule has 0 atom stereocenters. The summed E-state index contributed by atoms with van der Waals surface area (Å²) in [5, 5.41) is 6.25. The average Bonchev–Trinajstić information content (AvgIpc) is 2.63. The van der Waals surface area contributed by atoms with Crippen molar-refractivity contribution in [2.24, 2.45) is 10.4 Å². The fourth-order valence-corrected chi connectivity index (χ4v) is 2.86. The first-order valence-corrected chi connectivity index (χ1v) is 9.86. The Hall–Kier alpha value is -0.610. The highest BCUT2D eigenvalue weighted by atomic mass is 127. The van der Waals surface area contributed by atoms with Gasteiger partial charge in [0.2, 0.25) is 5.91 Å². The molecule has 1 fully saturated rings. The third-order valence-corrected chi connectivity index (χ3v) is 4.50. The number of carbonyl (C=O) groups is 1. The number of methoxy groups -OCH3 is 1. The number of piperidine rings is 1. The molecule has 1 amide bonds. The van der Waals surface area contributed by atoms with Crippen LogP contribution in [-0.2, 0) is 14.3 Å². The molecule has 0 aromatic rings. The Morgan fingerprint density at radius 3 is 2.33 bits per heavy atom. The van der Waals surface area contributed by atoms with Crippen LogP contribution in [0.4, 0.5) is 0 Å². The predicted octanol–water partition coefficient (Wildman–Crippen LogP) is 2.25. The summed E-state index contributed by atoms with van der Waals surface area (Å²) in [6.45, 7) is 13.1. The molecule has 0 spiro atoms. The maximum absolute atomic E-state index is 12.2. The molecule has 1 rings (SSSR count). The Labute approximate surface area is 182 Å². The molecule has 0 unspecified atom stereocenters. The summed E-state index contributed by atoms with van der Waals surface area (Å²) >= 11 is 0. The molecule has 27 heavy (non-hydrogen) atoms. The van der Waals surface area contributed by atoms with E-state index in [1.165, 1.54) is 0 Å². The summed E-state index contributed by atoms with van der Waals surface area (Å²) < 4.78 is 11.0. The van der Waals surface area contributed by atoms with Crippen molar-refractivity contribution in [2.75, 3.05) is 53.0 Å². The van der Waals surface area contributed by atoms with E-state index in [9.17, 15) is 4.79 Å². The molecule has 2 N–H and O–H groups in total. The zero-order valence-electron chi connectivity index (χ0n) is 17.7. The second kappa shape index (κ2) is 14.4. The van der Waals surface area contributed by atoms with Crippen LogP contribution in [0.3, 0.4) is 0 Å². The Bertz CT molecular complexity index is 439. The van der Waals surface area contributed by atoms with E-state index >= 15 is 0 Å². The normalized spacial score (nSPS) is 16.0. The van der Waals surface area contributed by atoms with Crippen LogP contribution in [0.5, 0.6) is 0 Å². The highest BCUT2D eigenvalue weighted by Crippen LogP contribution is 2.17. The lowest BCUT2D eigenvalue weighted by Gasteiger charge is -2.34.